The molecule has 4 aliphatic rings. The average Bonchev–Trinajstić information content (AvgIpc) is 2.88. The Morgan fingerprint density at radius 1 is 1.14 bits per heavy atom. The third kappa shape index (κ3) is 1.87. The molecular formula is C19H29NO. The Morgan fingerprint density at radius 2 is 2.00 bits per heavy atom. The van der Waals surface area contributed by atoms with Gasteiger partial charge < -0.3 is 5.21 Å². The second-order valence-electron chi connectivity index (χ2n) is 8.71. The van der Waals surface area contributed by atoms with Gasteiger partial charge in [0, 0.05) is 0 Å². The van der Waals surface area contributed by atoms with Gasteiger partial charge in [-0.05, 0) is 85.9 Å². The van der Waals surface area contributed by atoms with E-state index in [1.165, 1.54) is 38.5 Å². The lowest BCUT2D eigenvalue weighted by atomic mass is 9.45. The van der Waals surface area contributed by atoms with Crippen LogP contribution in [0.5, 0.6) is 0 Å². The molecule has 0 radical (unpaired) electrons. The van der Waals surface area contributed by atoms with Crippen molar-refractivity contribution in [3.63, 3.8) is 0 Å². The van der Waals surface area contributed by atoms with Crippen molar-refractivity contribution in [1.29, 1.82) is 0 Å². The van der Waals surface area contributed by atoms with Gasteiger partial charge in [-0.1, -0.05) is 31.2 Å². The minimum Gasteiger partial charge on any atom is -0.411 e. The molecule has 6 atom stereocenters. The molecule has 0 aromatic carbocycles. The summed E-state index contributed by atoms with van der Waals surface area (Å²) in [5.41, 5.74) is 2.05. The molecule has 4 rings (SSSR count). The SMILES string of the molecule is C[C@@]12C=CC[C@H]1[C@@H]1CCC3CC(=NO)CC[C@]3(C)[C@H]1CC2. The molecule has 4 aliphatic carbocycles. The monoisotopic (exact) mass is 287 g/mol. The standard InChI is InChI=1S/C19H29NO/c1-18-9-3-4-16(18)15-6-5-13-12-14(20-21)7-11-19(13,2)17(15)8-10-18/h3,9,13,15-17,21H,4-8,10-12H2,1-2H3/t13?,15-,16-,17-,18-,19-/m0/s1. The first kappa shape index (κ1) is 13.8. The number of nitrogens with zero attached hydrogens (tertiary/aromatic N) is 1. The van der Waals surface area contributed by atoms with Crippen molar-refractivity contribution < 1.29 is 5.21 Å². The fourth-order valence-corrected chi connectivity index (χ4v) is 6.63. The van der Waals surface area contributed by atoms with Crippen molar-refractivity contribution in [2.45, 2.75) is 65.2 Å². The Bertz CT molecular complexity index is 496. The van der Waals surface area contributed by atoms with Crippen molar-refractivity contribution in [2.75, 3.05) is 0 Å². The van der Waals surface area contributed by atoms with E-state index in [-0.39, 0.29) is 0 Å². The lowest BCUT2D eigenvalue weighted by Crippen LogP contribution is -2.52. The highest BCUT2D eigenvalue weighted by atomic mass is 16.4. The van der Waals surface area contributed by atoms with Gasteiger partial charge in [0.1, 0.15) is 0 Å². The molecule has 0 saturated heterocycles. The molecule has 0 amide bonds. The zero-order chi connectivity index (χ0) is 14.7. The van der Waals surface area contributed by atoms with Gasteiger partial charge in [-0.15, -0.1) is 0 Å². The average molecular weight is 287 g/mol. The molecule has 0 bridgehead atoms. The second-order valence-corrected chi connectivity index (χ2v) is 8.71. The van der Waals surface area contributed by atoms with Crippen LogP contribution >= 0.6 is 0 Å². The van der Waals surface area contributed by atoms with E-state index in [4.69, 9.17) is 5.21 Å². The van der Waals surface area contributed by atoms with Crippen LogP contribution in [0.4, 0.5) is 0 Å². The van der Waals surface area contributed by atoms with E-state index in [1.54, 1.807) is 0 Å². The van der Waals surface area contributed by atoms with Crippen LogP contribution < -0.4 is 0 Å². The topological polar surface area (TPSA) is 32.6 Å². The maximum Gasteiger partial charge on any atom is 0.0574 e. The van der Waals surface area contributed by atoms with Crippen molar-refractivity contribution in [1.82, 2.24) is 0 Å². The Kier molecular flexibility index (Phi) is 3.03. The molecule has 2 heteroatoms. The molecule has 3 saturated carbocycles. The van der Waals surface area contributed by atoms with Gasteiger partial charge >= 0.3 is 0 Å². The highest BCUT2D eigenvalue weighted by molar-refractivity contribution is 5.85. The molecule has 1 N–H and O–H groups in total. The van der Waals surface area contributed by atoms with E-state index >= 15 is 0 Å². The molecule has 0 aromatic heterocycles. The van der Waals surface area contributed by atoms with Crippen LogP contribution in [0.1, 0.15) is 65.2 Å². The number of hydrogen-bond acceptors (Lipinski definition) is 2. The molecular weight excluding hydrogens is 258 g/mol. The summed E-state index contributed by atoms with van der Waals surface area (Å²) in [5.74, 6) is 3.51. The van der Waals surface area contributed by atoms with Crippen LogP contribution in [0, 0.1) is 34.5 Å². The number of oxime groups is 1. The van der Waals surface area contributed by atoms with Gasteiger partial charge in [-0.2, -0.15) is 0 Å². The Labute approximate surface area is 128 Å². The summed E-state index contributed by atoms with van der Waals surface area (Å²) in [6, 6.07) is 0. The molecule has 1 unspecified atom stereocenters. The number of hydrogen-bond donors (Lipinski definition) is 1. The van der Waals surface area contributed by atoms with Crippen LogP contribution in [0.3, 0.4) is 0 Å². The van der Waals surface area contributed by atoms with Crippen molar-refractivity contribution in [3.8, 4) is 0 Å². The summed E-state index contributed by atoms with van der Waals surface area (Å²) >= 11 is 0. The maximum absolute atomic E-state index is 9.13. The van der Waals surface area contributed by atoms with Crippen LogP contribution in [0.2, 0.25) is 0 Å². The second kappa shape index (κ2) is 4.60. The third-order valence-corrected chi connectivity index (χ3v) is 7.97. The number of rotatable bonds is 0. The summed E-state index contributed by atoms with van der Waals surface area (Å²) in [6.45, 7) is 5.07. The van der Waals surface area contributed by atoms with Gasteiger partial charge in [0.05, 0.1) is 5.71 Å². The Hall–Kier alpha value is -0.790. The molecule has 0 heterocycles. The number of allylic oxidation sites excluding steroid dienone is 2. The van der Waals surface area contributed by atoms with Gasteiger partial charge in [0.15, 0.2) is 0 Å². The Morgan fingerprint density at radius 3 is 2.81 bits per heavy atom. The smallest absolute Gasteiger partial charge is 0.0574 e. The van der Waals surface area contributed by atoms with Crippen molar-refractivity contribution >= 4 is 5.71 Å². The van der Waals surface area contributed by atoms with Gasteiger partial charge in [-0.3, -0.25) is 0 Å². The minimum absolute atomic E-state index is 0.497. The fourth-order valence-electron chi connectivity index (χ4n) is 6.63. The van der Waals surface area contributed by atoms with Crippen LogP contribution in [-0.4, -0.2) is 10.9 Å². The first-order chi connectivity index (χ1) is 10.1. The molecule has 0 spiro atoms. The fraction of sp³-hybridized carbons (Fsp3) is 0.842. The summed E-state index contributed by atoms with van der Waals surface area (Å²) in [6.07, 6.45) is 15.2. The van der Waals surface area contributed by atoms with Crippen LogP contribution in [0.25, 0.3) is 0 Å². The lowest BCUT2D eigenvalue weighted by molar-refractivity contribution is -0.0855. The normalized spacial score (nSPS) is 54.1. The Balaban J connectivity index is 1.62. The maximum atomic E-state index is 9.13. The van der Waals surface area contributed by atoms with E-state index in [0.717, 1.165) is 42.2 Å². The summed E-state index contributed by atoms with van der Waals surface area (Å²) in [5, 5.41) is 12.7. The van der Waals surface area contributed by atoms with E-state index in [9.17, 15) is 0 Å². The first-order valence-electron chi connectivity index (χ1n) is 8.94. The minimum atomic E-state index is 0.497. The van der Waals surface area contributed by atoms with Crippen LogP contribution in [-0.2, 0) is 0 Å². The van der Waals surface area contributed by atoms with Crippen molar-refractivity contribution in [3.05, 3.63) is 12.2 Å². The molecule has 116 valence electrons. The highest BCUT2D eigenvalue weighted by Gasteiger charge is 2.56. The van der Waals surface area contributed by atoms with E-state index in [0.29, 0.717) is 10.8 Å². The summed E-state index contributed by atoms with van der Waals surface area (Å²) < 4.78 is 0. The third-order valence-electron chi connectivity index (χ3n) is 7.97. The van der Waals surface area contributed by atoms with E-state index in [1.807, 2.05) is 0 Å². The molecule has 21 heavy (non-hydrogen) atoms. The van der Waals surface area contributed by atoms with E-state index < -0.39 is 0 Å². The van der Waals surface area contributed by atoms with Gasteiger partial charge in [0.2, 0.25) is 0 Å². The molecule has 3 fully saturated rings. The molecule has 2 nitrogen and oxygen atoms in total. The van der Waals surface area contributed by atoms with Gasteiger partial charge in [-0.25, -0.2) is 0 Å². The predicted molar refractivity (Wildman–Crippen MR) is 85.5 cm³/mol. The van der Waals surface area contributed by atoms with Gasteiger partial charge in [0.25, 0.3) is 0 Å². The zero-order valence-electron chi connectivity index (χ0n) is 13.5. The highest BCUT2D eigenvalue weighted by Crippen LogP contribution is 2.64. The van der Waals surface area contributed by atoms with E-state index in [2.05, 4.69) is 31.2 Å². The first-order valence-corrected chi connectivity index (χ1v) is 8.94. The lowest BCUT2D eigenvalue weighted by Gasteiger charge is -2.59. The zero-order valence-corrected chi connectivity index (χ0v) is 13.5. The summed E-state index contributed by atoms with van der Waals surface area (Å²) in [4.78, 5) is 0. The number of fused-ring (bicyclic) bond motifs is 5. The molecule has 0 aliphatic heterocycles. The largest absolute Gasteiger partial charge is 0.411 e. The predicted octanol–water partition coefficient (Wildman–Crippen LogP) is 5.03. The molecule has 0 aromatic rings. The summed E-state index contributed by atoms with van der Waals surface area (Å²) in [7, 11) is 0. The van der Waals surface area contributed by atoms with Crippen molar-refractivity contribution in [2.24, 2.45) is 39.7 Å². The van der Waals surface area contributed by atoms with Crippen LogP contribution in [0.15, 0.2) is 17.3 Å². The quantitative estimate of drug-likeness (QED) is 0.378.